The molecule has 0 atom stereocenters. The van der Waals surface area contributed by atoms with Gasteiger partial charge in [0.25, 0.3) is 0 Å². The lowest BCUT2D eigenvalue weighted by Gasteiger charge is -2.04. The summed E-state index contributed by atoms with van der Waals surface area (Å²) in [5.74, 6) is 0.328. The lowest BCUT2D eigenvalue weighted by Crippen LogP contribution is -2.03. The highest BCUT2D eigenvalue weighted by atomic mass is 79.9. The van der Waals surface area contributed by atoms with Crippen LogP contribution >= 0.6 is 15.9 Å². The molecule has 4 heteroatoms. The van der Waals surface area contributed by atoms with E-state index in [0.29, 0.717) is 16.8 Å². The number of halogens is 1. The molecule has 0 saturated carbocycles. The summed E-state index contributed by atoms with van der Waals surface area (Å²) in [5, 5.41) is 0.510. The second-order valence-corrected chi connectivity index (χ2v) is 5.16. The maximum atomic E-state index is 12.0. The first-order valence-corrected chi connectivity index (χ1v) is 6.61. The third-order valence-electron chi connectivity index (χ3n) is 2.89. The Balaban J connectivity index is 2.31. The first-order valence-electron chi connectivity index (χ1n) is 5.81. The highest BCUT2D eigenvalue weighted by molar-refractivity contribution is 9.10. The SMILES string of the molecule is Cc1ccc2nc(-c3ccccc3Br)oc(=O)c2c1. The molecule has 19 heavy (non-hydrogen) atoms. The average Bonchev–Trinajstić information content (AvgIpc) is 2.40. The molecular weight excluding hydrogens is 306 g/mol. The smallest absolute Gasteiger partial charge is 0.347 e. The van der Waals surface area contributed by atoms with Crippen molar-refractivity contribution in [3.05, 3.63) is 62.9 Å². The van der Waals surface area contributed by atoms with Gasteiger partial charge in [-0.1, -0.05) is 23.8 Å². The maximum Gasteiger partial charge on any atom is 0.347 e. The van der Waals surface area contributed by atoms with E-state index in [2.05, 4.69) is 20.9 Å². The van der Waals surface area contributed by atoms with E-state index in [0.717, 1.165) is 15.6 Å². The van der Waals surface area contributed by atoms with Gasteiger partial charge < -0.3 is 4.42 Å². The average molecular weight is 316 g/mol. The summed E-state index contributed by atoms with van der Waals surface area (Å²) in [7, 11) is 0. The van der Waals surface area contributed by atoms with Gasteiger partial charge in [0.05, 0.1) is 16.5 Å². The third-order valence-corrected chi connectivity index (χ3v) is 3.58. The largest absolute Gasteiger partial charge is 0.403 e. The van der Waals surface area contributed by atoms with E-state index >= 15 is 0 Å². The van der Waals surface area contributed by atoms with E-state index in [1.807, 2.05) is 43.3 Å². The molecular formula is C15H10BrNO2. The summed E-state index contributed by atoms with van der Waals surface area (Å²) in [6.07, 6.45) is 0. The van der Waals surface area contributed by atoms with Crippen molar-refractivity contribution in [1.82, 2.24) is 4.98 Å². The van der Waals surface area contributed by atoms with Crippen LogP contribution in [0.3, 0.4) is 0 Å². The lowest BCUT2D eigenvalue weighted by molar-refractivity contribution is 0.518. The Kier molecular flexibility index (Phi) is 2.95. The van der Waals surface area contributed by atoms with E-state index in [4.69, 9.17) is 4.42 Å². The number of rotatable bonds is 1. The fourth-order valence-corrected chi connectivity index (χ4v) is 2.39. The molecule has 1 aromatic heterocycles. The fourth-order valence-electron chi connectivity index (χ4n) is 1.94. The van der Waals surface area contributed by atoms with Crippen LogP contribution in [-0.2, 0) is 0 Å². The Labute approximate surface area is 118 Å². The molecule has 3 nitrogen and oxygen atoms in total. The Morgan fingerprint density at radius 3 is 2.74 bits per heavy atom. The van der Waals surface area contributed by atoms with Crippen LogP contribution in [0.25, 0.3) is 22.4 Å². The van der Waals surface area contributed by atoms with Crippen LogP contribution in [0.1, 0.15) is 5.56 Å². The van der Waals surface area contributed by atoms with Crippen molar-refractivity contribution in [3.63, 3.8) is 0 Å². The highest BCUT2D eigenvalue weighted by Gasteiger charge is 2.10. The molecule has 3 rings (SSSR count). The molecule has 0 N–H and O–H groups in total. The second-order valence-electron chi connectivity index (χ2n) is 4.31. The molecule has 1 heterocycles. The molecule has 0 aliphatic carbocycles. The number of benzene rings is 2. The molecule has 0 fully saturated rings. The Morgan fingerprint density at radius 1 is 1.16 bits per heavy atom. The van der Waals surface area contributed by atoms with Gasteiger partial charge in [-0.2, -0.15) is 0 Å². The van der Waals surface area contributed by atoms with Gasteiger partial charge in [-0.15, -0.1) is 0 Å². The highest BCUT2D eigenvalue weighted by Crippen LogP contribution is 2.26. The topological polar surface area (TPSA) is 43.1 Å². The van der Waals surface area contributed by atoms with E-state index in [1.165, 1.54) is 0 Å². The second kappa shape index (κ2) is 4.63. The van der Waals surface area contributed by atoms with Crippen LogP contribution in [0.2, 0.25) is 0 Å². The zero-order valence-corrected chi connectivity index (χ0v) is 11.8. The van der Waals surface area contributed by atoms with Crippen molar-refractivity contribution in [3.8, 4) is 11.5 Å². The third kappa shape index (κ3) is 2.19. The molecule has 0 unspecified atom stereocenters. The van der Waals surface area contributed by atoms with Crippen LogP contribution in [-0.4, -0.2) is 4.98 Å². The first-order chi connectivity index (χ1) is 9.15. The predicted octanol–water partition coefficient (Wildman–Crippen LogP) is 3.93. The summed E-state index contributed by atoms with van der Waals surface area (Å²) in [6.45, 7) is 1.93. The Bertz CT molecular complexity index is 824. The number of hydrogen-bond donors (Lipinski definition) is 0. The molecule has 0 aliphatic rings. The Hall–Kier alpha value is -1.94. The minimum Gasteiger partial charge on any atom is -0.403 e. The zero-order chi connectivity index (χ0) is 13.4. The molecule has 0 spiro atoms. The number of fused-ring (bicyclic) bond motifs is 1. The summed E-state index contributed by atoms with van der Waals surface area (Å²) in [4.78, 5) is 16.4. The minimum atomic E-state index is -0.362. The lowest BCUT2D eigenvalue weighted by atomic mass is 10.1. The summed E-state index contributed by atoms with van der Waals surface area (Å²) in [6, 6.07) is 13.1. The summed E-state index contributed by atoms with van der Waals surface area (Å²) < 4.78 is 6.16. The van der Waals surface area contributed by atoms with E-state index < -0.39 is 0 Å². The molecule has 94 valence electrons. The van der Waals surface area contributed by atoms with Crippen LogP contribution in [0.15, 0.2) is 56.1 Å². The van der Waals surface area contributed by atoms with Gasteiger partial charge in [0.2, 0.25) is 5.89 Å². The quantitative estimate of drug-likeness (QED) is 0.683. The maximum absolute atomic E-state index is 12.0. The standard InChI is InChI=1S/C15H10BrNO2/c1-9-6-7-13-11(8-9)15(18)19-14(17-13)10-4-2-3-5-12(10)16/h2-8H,1H3. The van der Waals surface area contributed by atoms with Crippen LogP contribution in [0, 0.1) is 6.92 Å². The molecule has 3 aromatic rings. The van der Waals surface area contributed by atoms with Gasteiger partial charge in [0.1, 0.15) is 0 Å². The molecule has 0 saturated heterocycles. The van der Waals surface area contributed by atoms with Crippen molar-refractivity contribution >= 4 is 26.8 Å². The molecule has 0 radical (unpaired) electrons. The van der Waals surface area contributed by atoms with E-state index in [1.54, 1.807) is 6.07 Å². The van der Waals surface area contributed by atoms with Gasteiger partial charge in [-0.05, 0) is 47.1 Å². The van der Waals surface area contributed by atoms with Gasteiger partial charge in [0, 0.05) is 4.47 Å². The normalized spacial score (nSPS) is 10.8. The van der Waals surface area contributed by atoms with Gasteiger partial charge in [0.15, 0.2) is 0 Å². The first kappa shape index (κ1) is 12.1. The summed E-state index contributed by atoms with van der Waals surface area (Å²) in [5.41, 5.74) is 2.06. The van der Waals surface area contributed by atoms with Crippen LogP contribution in [0.4, 0.5) is 0 Å². The van der Waals surface area contributed by atoms with Crippen LogP contribution in [0.5, 0.6) is 0 Å². The van der Waals surface area contributed by atoms with Crippen molar-refractivity contribution in [1.29, 1.82) is 0 Å². The Morgan fingerprint density at radius 2 is 1.95 bits per heavy atom. The predicted molar refractivity (Wildman–Crippen MR) is 78.2 cm³/mol. The molecule has 2 aromatic carbocycles. The molecule has 0 amide bonds. The van der Waals surface area contributed by atoms with E-state index in [9.17, 15) is 4.79 Å². The molecule has 0 bridgehead atoms. The van der Waals surface area contributed by atoms with Gasteiger partial charge in [-0.3, -0.25) is 0 Å². The number of aryl methyl sites for hydroxylation is 1. The molecule has 0 aliphatic heterocycles. The summed E-state index contributed by atoms with van der Waals surface area (Å²) >= 11 is 3.43. The van der Waals surface area contributed by atoms with Crippen LogP contribution < -0.4 is 5.63 Å². The number of nitrogens with zero attached hydrogens (tertiary/aromatic N) is 1. The van der Waals surface area contributed by atoms with Crippen molar-refractivity contribution in [2.75, 3.05) is 0 Å². The van der Waals surface area contributed by atoms with Crippen molar-refractivity contribution < 1.29 is 4.42 Å². The van der Waals surface area contributed by atoms with Crippen molar-refractivity contribution in [2.45, 2.75) is 6.92 Å². The van der Waals surface area contributed by atoms with E-state index in [-0.39, 0.29) is 5.63 Å². The van der Waals surface area contributed by atoms with Gasteiger partial charge >= 0.3 is 5.63 Å². The minimum absolute atomic E-state index is 0.328. The van der Waals surface area contributed by atoms with Crippen molar-refractivity contribution in [2.24, 2.45) is 0 Å². The fraction of sp³-hybridized carbons (Fsp3) is 0.0667. The number of aromatic nitrogens is 1. The monoisotopic (exact) mass is 315 g/mol. The zero-order valence-electron chi connectivity index (χ0n) is 10.2. The number of hydrogen-bond acceptors (Lipinski definition) is 3. The van der Waals surface area contributed by atoms with Gasteiger partial charge in [-0.25, -0.2) is 9.78 Å².